The molecule has 0 saturated carbocycles. The first kappa shape index (κ1) is 13.8. The molecule has 2 saturated heterocycles. The molecular weight excluding hydrogens is 274 g/mol. The van der Waals surface area contributed by atoms with Gasteiger partial charge in [0.25, 0.3) is 0 Å². The monoisotopic (exact) mass is 295 g/mol. The number of methoxy groups -OCH3 is 1. The van der Waals surface area contributed by atoms with Gasteiger partial charge in [-0.2, -0.15) is 0 Å². The Labute approximate surface area is 130 Å². The van der Waals surface area contributed by atoms with Crippen molar-refractivity contribution in [2.24, 2.45) is 5.92 Å². The van der Waals surface area contributed by atoms with Crippen molar-refractivity contribution in [2.75, 3.05) is 14.2 Å². The van der Waals surface area contributed by atoms with Crippen molar-refractivity contribution < 1.29 is 9.53 Å². The second kappa shape index (κ2) is 5.10. The van der Waals surface area contributed by atoms with Gasteiger partial charge in [0, 0.05) is 18.0 Å². The zero-order valence-corrected chi connectivity index (χ0v) is 13.0. The number of esters is 1. The molecule has 2 bridgehead atoms. The highest BCUT2D eigenvalue weighted by atomic mass is 16.5. The highest BCUT2D eigenvalue weighted by Crippen LogP contribution is 2.50. The van der Waals surface area contributed by atoms with E-state index in [1.165, 1.54) is 29.9 Å². The fourth-order valence-electron chi connectivity index (χ4n) is 4.62. The molecule has 2 heterocycles. The minimum absolute atomic E-state index is 0.0325. The zero-order valence-electron chi connectivity index (χ0n) is 13.0. The Morgan fingerprint density at radius 3 is 2.59 bits per heavy atom. The van der Waals surface area contributed by atoms with Crippen LogP contribution in [0.25, 0.3) is 10.8 Å². The molecule has 0 unspecified atom stereocenters. The fraction of sp³-hybridized carbons (Fsp3) is 0.421. The summed E-state index contributed by atoms with van der Waals surface area (Å²) in [6.07, 6.45) is 2.27. The molecule has 4 atom stereocenters. The van der Waals surface area contributed by atoms with E-state index in [4.69, 9.17) is 4.74 Å². The van der Waals surface area contributed by atoms with Crippen molar-refractivity contribution in [3.05, 3.63) is 48.0 Å². The highest BCUT2D eigenvalue weighted by molar-refractivity contribution is 5.84. The van der Waals surface area contributed by atoms with Gasteiger partial charge < -0.3 is 4.74 Å². The summed E-state index contributed by atoms with van der Waals surface area (Å²) in [7, 11) is 3.66. The van der Waals surface area contributed by atoms with Crippen LogP contribution >= 0.6 is 0 Å². The second-order valence-electron chi connectivity index (χ2n) is 6.56. The van der Waals surface area contributed by atoms with E-state index in [9.17, 15) is 4.79 Å². The molecule has 0 aliphatic carbocycles. The van der Waals surface area contributed by atoms with Crippen molar-refractivity contribution in [1.82, 2.24) is 4.90 Å². The molecule has 0 amide bonds. The molecule has 2 fully saturated rings. The normalized spacial score (nSPS) is 30.8. The Hall–Kier alpha value is -1.87. The average molecular weight is 295 g/mol. The first-order valence-electron chi connectivity index (χ1n) is 7.99. The lowest BCUT2D eigenvalue weighted by molar-refractivity contribution is -0.147. The lowest BCUT2D eigenvalue weighted by atomic mass is 9.75. The Morgan fingerprint density at radius 2 is 1.82 bits per heavy atom. The molecule has 3 nitrogen and oxygen atoms in total. The largest absolute Gasteiger partial charge is 0.469 e. The quantitative estimate of drug-likeness (QED) is 0.797. The van der Waals surface area contributed by atoms with Crippen LogP contribution in [0, 0.1) is 5.92 Å². The molecule has 2 aliphatic rings. The molecule has 2 aromatic carbocycles. The summed E-state index contributed by atoms with van der Waals surface area (Å²) in [5.41, 5.74) is 1.27. The maximum atomic E-state index is 12.3. The van der Waals surface area contributed by atoms with Crippen molar-refractivity contribution >= 4 is 16.7 Å². The molecule has 0 radical (unpaired) electrons. The van der Waals surface area contributed by atoms with Gasteiger partial charge in [0.2, 0.25) is 0 Å². The predicted octanol–water partition coefficient (Wildman–Crippen LogP) is 3.19. The lowest BCUT2D eigenvalue weighted by Gasteiger charge is -2.28. The van der Waals surface area contributed by atoms with Gasteiger partial charge in [0.1, 0.15) is 0 Å². The van der Waals surface area contributed by atoms with Crippen molar-refractivity contribution in [3.63, 3.8) is 0 Å². The van der Waals surface area contributed by atoms with Gasteiger partial charge in [-0.3, -0.25) is 9.69 Å². The molecule has 0 spiro atoms. The van der Waals surface area contributed by atoms with E-state index in [1.807, 2.05) is 0 Å². The van der Waals surface area contributed by atoms with Gasteiger partial charge in [-0.1, -0.05) is 42.5 Å². The van der Waals surface area contributed by atoms with Crippen LogP contribution in [0.15, 0.2) is 42.5 Å². The number of rotatable bonds is 2. The summed E-state index contributed by atoms with van der Waals surface area (Å²) in [6.45, 7) is 0. The van der Waals surface area contributed by atoms with E-state index in [1.54, 1.807) is 0 Å². The van der Waals surface area contributed by atoms with E-state index in [-0.39, 0.29) is 17.8 Å². The predicted molar refractivity (Wildman–Crippen MR) is 86.8 cm³/mol. The molecular formula is C19H21NO2. The second-order valence-corrected chi connectivity index (χ2v) is 6.56. The summed E-state index contributed by atoms with van der Waals surface area (Å²) < 4.78 is 5.11. The van der Waals surface area contributed by atoms with E-state index < -0.39 is 0 Å². The average Bonchev–Trinajstić information content (AvgIpc) is 3.06. The standard InChI is InChI=1S/C19H21NO2/c1-20-15-9-10-16(20)18(19(21)22-2)17(15)14-8-7-12-5-3-4-6-13(12)11-14/h3-8,11,15-18H,9-10H2,1-2H3/t15-,16+,17+,18+/m0/s1. The minimum atomic E-state index is -0.0581. The topological polar surface area (TPSA) is 29.5 Å². The number of carbonyl (C=O) groups is 1. The first-order valence-corrected chi connectivity index (χ1v) is 7.99. The van der Waals surface area contributed by atoms with Crippen molar-refractivity contribution in [3.8, 4) is 0 Å². The number of benzene rings is 2. The van der Waals surface area contributed by atoms with Crippen LogP contribution in [0.1, 0.15) is 24.3 Å². The van der Waals surface area contributed by atoms with Gasteiger partial charge >= 0.3 is 5.97 Å². The van der Waals surface area contributed by atoms with Gasteiger partial charge in [-0.15, -0.1) is 0 Å². The minimum Gasteiger partial charge on any atom is -0.469 e. The molecule has 4 rings (SSSR count). The number of nitrogens with zero attached hydrogens (tertiary/aromatic N) is 1. The summed E-state index contributed by atoms with van der Waals surface area (Å²) in [5, 5.41) is 2.49. The molecule has 114 valence electrons. The molecule has 22 heavy (non-hydrogen) atoms. The fourth-order valence-corrected chi connectivity index (χ4v) is 4.62. The Kier molecular flexibility index (Phi) is 3.19. The third-order valence-corrected chi connectivity index (χ3v) is 5.65. The molecule has 2 aliphatic heterocycles. The smallest absolute Gasteiger partial charge is 0.310 e. The summed E-state index contributed by atoms with van der Waals surface area (Å²) in [4.78, 5) is 14.7. The number of hydrogen-bond donors (Lipinski definition) is 0. The van der Waals surface area contributed by atoms with Gasteiger partial charge in [0.05, 0.1) is 13.0 Å². The van der Waals surface area contributed by atoms with Crippen molar-refractivity contribution in [2.45, 2.75) is 30.8 Å². The van der Waals surface area contributed by atoms with E-state index in [0.717, 1.165) is 6.42 Å². The third-order valence-electron chi connectivity index (χ3n) is 5.65. The first-order chi connectivity index (χ1) is 10.7. The van der Waals surface area contributed by atoms with Crippen LogP contribution in [0.3, 0.4) is 0 Å². The number of fused-ring (bicyclic) bond motifs is 3. The maximum absolute atomic E-state index is 12.3. The van der Waals surface area contributed by atoms with Crippen LogP contribution < -0.4 is 0 Å². The van der Waals surface area contributed by atoms with Crippen LogP contribution in [0.2, 0.25) is 0 Å². The summed E-state index contributed by atoms with van der Waals surface area (Å²) in [6, 6.07) is 15.8. The zero-order chi connectivity index (χ0) is 15.3. The number of hydrogen-bond acceptors (Lipinski definition) is 3. The van der Waals surface area contributed by atoms with E-state index in [0.29, 0.717) is 12.1 Å². The summed E-state index contributed by atoms with van der Waals surface area (Å²) in [5.74, 6) is 0.160. The SMILES string of the molecule is COC(=O)[C@H]1[C@H](c2ccc3ccccc3c2)[C@@H]2CC[C@H]1N2C. The maximum Gasteiger partial charge on any atom is 0.310 e. The van der Waals surface area contributed by atoms with Crippen LogP contribution in [0.5, 0.6) is 0 Å². The van der Waals surface area contributed by atoms with Crippen LogP contribution in [-0.2, 0) is 9.53 Å². The Morgan fingerprint density at radius 1 is 1.09 bits per heavy atom. The van der Waals surface area contributed by atoms with Crippen molar-refractivity contribution in [1.29, 1.82) is 0 Å². The lowest BCUT2D eigenvalue weighted by Crippen LogP contribution is -2.33. The van der Waals surface area contributed by atoms with Crippen LogP contribution in [-0.4, -0.2) is 37.1 Å². The third kappa shape index (κ3) is 1.88. The highest BCUT2D eigenvalue weighted by Gasteiger charge is 2.55. The molecule has 0 N–H and O–H groups in total. The molecule has 3 heteroatoms. The molecule has 0 aromatic heterocycles. The number of likely N-dealkylation sites (N-methyl/N-ethyl adjacent to an activating group) is 1. The van der Waals surface area contributed by atoms with Crippen LogP contribution in [0.4, 0.5) is 0 Å². The molecule has 2 aromatic rings. The van der Waals surface area contributed by atoms with E-state index in [2.05, 4.69) is 54.4 Å². The Bertz CT molecular complexity index is 726. The Balaban J connectivity index is 1.79. The van der Waals surface area contributed by atoms with Gasteiger partial charge in [-0.05, 0) is 36.2 Å². The summed E-state index contributed by atoms with van der Waals surface area (Å²) >= 11 is 0. The van der Waals surface area contributed by atoms with E-state index >= 15 is 0 Å². The number of ether oxygens (including phenoxy) is 1. The van der Waals surface area contributed by atoms with Gasteiger partial charge in [0.15, 0.2) is 0 Å². The number of carbonyl (C=O) groups excluding carboxylic acids is 1. The van der Waals surface area contributed by atoms with Gasteiger partial charge in [-0.25, -0.2) is 0 Å².